The summed E-state index contributed by atoms with van der Waals surface area (Å²) in [5.41, 5.74) is 1.74. The second kappa shape index (κ2) is 9.38. The van der Waals surface area contributed by atoms with Gasteiger partial charge in [-0.2, -0.15) is 0 Å². The number of pyridine rings is 1. The number of hydrogen-bond donors (Lipinski definition) is 1. The highest BCUT2D eigenvalue weighted by Crippen LogP contribution is 2.36. The largest absolute Gasteiger partial charge is 0.495 e. The minimum atomic E-state index is -3.98. The summed E-state index contributed by atoms with van der Waals surface area (Å²) in [6.07, 6.45) is 1.24. The fraction of sp³-hybridized carbons (Fsp3) is 0.0769. The van der Waals surface area contributed by atoms with Crippen LogP contribution in [0.2, 0.25) is 5.02 Å². The van der Waals surface area contributed by atoms with Crippen molar-refractivity contribution >= 4 is 38.3 Å². The fourth-order valence-corrected chi connectivity index (χ4v) is 5.27. The zero-order chi connectivity index (χ0) is 26.3. The Morgan fingerprint density at radius 3 is 2.57 bits per heavy atom. The number of anilines is 1. The second-order valence-corrected chi connectivity index (χ2v) is 10.3. The van der Waals surface area contributed by atoms with E-state index in [1.165, 1.54) is 66.5 Å². The summed E-state index contributed by atoms with van der Waals surface area (Å²) in [6, 6.07) is 16.2. The van der Waals surface area contributed by atoms with Crippen LogP contribution < -0.4 is 15.0 Å². The topological polar surface area (TPSA) is 103 Å². The Labute approximate surface area is 215 Å². The van der Waals surface area contributed by atoms with Gasteiger partial charge in [-0.3, -0.25) is 14.1 Å². The highest BCUT2D eigenvalue weighted by Gasteiger charge is 2.20. The van der Waals surface area contributed by atoms with Gasteiger partial charge in [-0.25, -0.2) is 12.8 Å². The molecule has 5 aromatic rings. The number of sulfonamides is 1. The average molecular weight is 540 g/mol. The van der Waals surface area contributed by atoms with Crippen LogP contribution in [0.15, 0.2) is 87.2 Å². The van der Waals surface area contributed by atoms with Gasteiger partial charge in [0.15, 0.2) is 5.82 Å². The molecule has 0 fully saturated rings. The molecule has 0 atom stereocenters. The number of benzene rings is 3. The lowest BCUT2D eigenvalue weighted by molar-refractivity contribution is 0.412. The van der Waals surface area contributed by atoms with Gasteiger partial charge in [0, 0.05) is 34.2 Å². The van der Waals surface area contributed by atoms with E-state index >= 15 is 4.39 Å². The number of fused-ring (bicyclic) bond motifs is 1. The van der Waals surface area contributed by atoms with Crippen LogP contribution in [0.4, 0.5) is 10.2 Å². The van der Waals surface area contributed by atoms with Gasteiger partial charge in [0.2, 0.25) is 0 Å². The van der Waals surface area contributed by atoms with Crippen LogP contribution in [-0.4, -0.2) is 25.3 Å². The van der Waals surface area contributed by atoms with Crippen molar-refractivity contribution in [3.05, 3.63) is 99.8 Å². The van der Waals surface area contributed by atoms with E-state index in [0.29, 0.717) is 21.5 Å². The molecule has 0 aliphatic carbocycles. The first-order valence-electron chi connectivity index (χ1n) is 10.9. The minimum absolute atomic E-state index is 0.0281. The lowest BCUT2D eigenvalue weighted by atomic mass is 9.99. The smallest absolute Gasteiger partial charge is 0.263 e. The Kier molecular flexibility index (Phi) is 6.22. The van der Waals surface area contributed by atoms with Gasteiger partial charge in [0.05, 0.1) is 23.2 Å². The molecule has 0 aliphatic rings. The van der Waals surface area contributed by atoms with E-state index in [1.807, 2.05) is 6.92 Å². The number of rotatable bonds is 6. The zero-order valence-electron chi connectivity index (χ0n) is 19.5. The van der Waals surface area contributed by atoms with Crippen molar-refractivity contribution in [2.75, 3.05) is 11.8 Å². The third-order valence-electron chi connectivity index (χ3n) is 5.85. The number of ether oxygens (including phenoxy) is 1. The first-order valence-corrected chi connectivity index (χ1v) is 12.8. The summed E-state index contributed by atoms with van der Waals surface area (Å²) >= 11 is 6.14. The summed E-state index contributed by atoms with van der Waals surface area (Å²) in [6.45, 7) is 1.84. The van der Waals surface area contributed by atoms with Crippen LogP contribution in [0, 0.1) is 12.7 Å². The van der Waals surface area contributed by atoms with Crippen molar-refractivity contribution in [1.29, 1.82) is 0 Å². The van der Waals surface area contributed by atoms with Crippen molar-refractivity contribution in [1.82, 2.24) is 9.72 Å². The molecule has 0 aliphatic heterocycles. The monoisotopic (exact) mass is 539 g/mol. The summed E-state index contributed by atoms with van der Waals surface area (Å²) in [5.74, 6) is -0.309. The van der Waals surface area contributed by atoms with Crippen LogP contribution in [0.25, 0.3) is 27.7 Å². The number of aromatic nitrogens is 2. The molecule has 0 unspecified atom stereocenters. The lowest BCUT2D eigenvalue weighted by Gasteiger charge is -2.17. The van der Waals surface area contributed by atoms with E-state index in [1.54, 1.807) is 18.2 Å². The maximum absolute atomic E-state index is 15.5. The molecule has 37 heavy (non-hydrogen) atoms. The second-order valence-electron chi connectivity index (χ2n) is 8.18. The molecule has 0 bridgehead atoms. The molecule has 11 heteroatoms. The van der Waals surface area contributed by atoms with Crippen LogP contribution in [0.3, 0.4) is 0 Å². The van der Waals surface area contributed by atoms with Crippen molar-refractivity contribution in [3.8, 4) is 22.6 Å². The molecule has 2 aromatic heterocycles. The molecule has 2 heterocycles. The normalized spacial score (nSPS) is 11.6. The molecule has 1 N–H and O–H groups in total. The Bertz CT molecular complexity index is 1820. The Balaban J connectivity index is 1.66. The molecule has 0 spiro atoms. The molecule has 5 rings (SSSR count). The SMILES string of the molecule is COc1cc(-c2cc(Cl)ccc2C)c(F)cc1-n1c(=O)ccc2cc(S(=O)(=O)Nc3ccon3)ccc21. The maximum atomic E-state index is 15.5. The van der Waals surface area contributed by atoms with Crippen molar-refractivity contribution < 1.29 is 22.1 Å². The summed E-state index contributed by atoms with van der Waals surface area (Å²) < 4.78 is 54.8. The van der Waals surface area contributed by atoms with E-state index in [2.05, 4.69) is 14.4 Å². The van der Waals surface area contributed by atoms with Crippen LogP contribution in [-0.2, 0) is 10.0 Å². The number of aryl methyl sites for hydroxylation is 1. The van der Waals surface area contributed by atoms with Crippen molar-refractivity contribution in [3.63, 3.8) is 0 Å². The first kappa shape index (κ1) is 24.5. The molecule has 0 radical (unpaired) electrons. The quantitative estimate of drug-likeness (QED) is 0.303. The van der Waals surface area contributed by atoms with E-state index in [4.69, 9.17) is 16.3 Å². The van der Waals surface area contributed by atoms with Crippen molar-refractivity contribution in [2.45, 2.75) is 11.8 Å². The van der Waals surface area contributed by atoms with E-state index in [0.717, 1.165) is 5.56 Å². The van der Waals surface area contributed by atoms with Gasteiger partial charge >= 0.3 is 0 Å². The maximum Gasteiger partial charge on any atom is 0.263 e. The third kappa shape index (κ3) is 4.56. The van der Waals surface area contributed by atoms with Gasteiger partial charge in [-0.05, 0) is 60.5 Å². The van der Waals surface area contributed by atoms with E-state index in [9.17, 15) is 13.2 Å². The summed E-state index contributed by atoms with van der Waals surface area (Å²) in [5, 5.41) is 4.44. The predicted molar refractivity (Wildman–Crippen MR) is 139 cm³/mol. The van der Waals surface area contributed by atoms with Gasteiger partial charge in [-0.15, -0.1) is 0 Å². The standard InChI is InChI=1S/C26H19ClFN3O5S/c1-15-3-5-17(27)12-19(15)20-13-24(35-2)23(14-21(20)28)31-22-7-6-18(11-16(22)4-8-26(31)32)37(33,34)30-25-9-10-36-29-25/h3-14H,1-2H3,(H,29,30). The van der Waals surface area contributed by atoms with Gasteiger partial charge in [0.1, 0.15) is 17.8 Å². The van der Waals surface area contributed by atoms with Crippen LogP contribution in [0.1, 0.15) is 5.56 Å². The number of hydrogen-bond acceptors (Lipinski definition) is 6. The molecule has 0 saturated heterocycles. The number of nitrogens with one attached hydrogen (secondary N) is 1. The lowest BCUT2D eigenvalue weighted by Crippen LogP contribution is -2.19. The van der Waals surface area contributed by atoms with Crippen LogP contribution >= 0.6 is 11.6 Å². The van der Waals surface area contributed by atoms with Crippen molar-refractivity contribution in [2.24, 2.45) is 0 Å². The average Bonchev–Trinajstić information content (AvgIpc) is 3.37. The molecule has 3 aromatic carbocycles. The molecule has 188 valence electrons. The Morgan fingerprint density at radius 1 is 1.03 bits per heavy atom. The van der Waals surface area contributed by atoms with Gasteiger partial charge in [0.25, 0.3) is 15.6 Å². The number of methoxy groups -OCH3 is 1. The Hall–Kier alpha value is -4.15. The van der Waals surface area contributed by atoms with E-state index < -0.39 is 21.4 Å². The fourth-order valence-electron chi connectivity index (χ4n) is 4.07. The summed E-state index contributed by atoms with van der Waals surface area (Å²) in [7, 11) is -2.56. The predicted octanol–water partition coefficient (Wildman–Crippen LogP) is 5.56. The highest BCUT2D eigenvalue weighted by molar-refractivity contribution is 7.92. The third-order valence-corrected chi connectivity index (χ3v) is 7.44. The molecule has 8 nitrogen and oxygen atoms in total. The van der Waals surface area contributed by atoms with Gasteiger partial charge < -0.3 is 9.26 Å². The minimum Gasteiger partial charge on any atom is -0.495 e. The highest BCUT2D eigenvalue weighted by atomic mass is 35.5. The zero-order valence-corrected chi connectivity index (χ0v) is 21.1. The van der Waals surface area contributed by atoms with E-state index in [-0.39, 0.29) is 27.7 Å². The molecule has 0 saturated carbocycles. The molecular weight excluding hydrogens is 521 g/mol. The summed E-state index contributed by atoms with van der Waals surface area (Å²) in [4.78, 5) is 12.9. The Morgan fingerprint density at radius 2 is 1.84 bits per heavy atom. The first-order chi connectivity index (χ1) is 17.7. The molecular formula is C26H19ClFN3O5S. The number of halogens is 2. The number of nitrogens with zero attached hydrogens (tertiary/aromatic N) is 2. The van der Waals surface area contributed by atoms with Crippen LogP contribution in [0.5, 0.6) is 5.75 Å². The molecule has 0 amide bonds. The van der Waals surface area contributed by atoms with Gasteiger partial charge in [-0.1, -0.05) is 22.8 Å².